The van der Waals surface area contributed by atoms with Crippen LogP contribution in [0.4, 0.5) is 10.5 Å². The summed E-state index contributed by atoms with van der Waals surface area (Å²) in [5.74, 6) is -1.89. The molecule has 2 aliphatic heterocycles. The highest BCUT2D eigenvalue weighted by atomic mass is 35.5. The lowest BCUT2D eigenvalue weighted by molar-refractivity contribution is -0.145. The molecule has 1 aromatic rings. The van der Waals surface area contributed by atoms with Gasteiger partial charge in [-0.05, 0) is 29.0 Å². The molecule has 0 aromatic heterocycles. The Hall–Kier alpha value is -2.28. The predicted octanol–water partition coefficient (Wildman–Crippen LogP) is 4.59. The van der Waals surface area contributed by atoms with Crippen LogP contribution in [0.15, 0.2) is 24.3 Å². The zero-order valence-electron chi connectivity index (χ0n) is 18.8. The van der Waals surface area contributed by atoms with E-state index in [1.807, 2.05) is 41.5 Å². The van der Waals surface area contributed by atoms with Crippen molar-refractivity contribution in [2.45, 2.75) is 60.0 Å². The van der Waals surface area contributed by atoms with Gasteiger partial charge in [-0.15, -0.1) is 0 Å². The Morgan fingerprint density at radius 1 is 1.10 bits per heavy atom. The van der Waals surface area contributed by atoms with E-state index in [1.165, 1.54) is 0 Å². The van der Waals surface area contributed by atoms with Gasteiger partial charge in [0.25, 0.3) is 0 Å². The maximum atomic E-state index is 13.3. The van der Waals surface area contributed by atoms with Crippen molar-refractivity contribution in [3.63, 3.8) is 0 Å². The summed E-state index contributed by atoms with van der Waals surface area (Å²) in [5.41, 5.74) is -1.37. The first-order valence-corrected chi connectivity index (χ1v) is 10.8. The predicted molar refractivity (Wildman–Crippen MR) is 118 cm³/mol. The second-order valence-corrected chi connectivity index (χ2v) is 11.4. The molecule has 4 atom stereocenters. The number of carboxylic acids is 1. The first-order chi connectivity index (χ1) is 14.1. The number of carbonyl (C=O) groups is 3. The molecule has 2 amide bonds. The average molecular weight is 451 g/mol. The van der Waals surface area contributed by atoms with Gasteiger partial charge in [-0.2, -0.15) is 0 Å². The minimum absolute atomic E-state index is 0.0803. The van der Waals surface area contributed by atoms with Crippen LogP contribution in [0, 0.1) is 22.2 Å². The van der Waals surface area contributed by atoms with Crippen LogP contribution in [0.3, 0.4) is 0 Å². The van der Waals surface area contributed by atoms with Gasteiger partial charge in [-0.1, -0.05) is 59.2 Å². The van der Waals surface area contributed by atoms with Crippen molar-refractivity contribution in [2.24, 2.45) is 22.2 Å². The van der Waals surface area contributed by atoms with E-state index in [0.717, 1.165) is 4.90 Å². The van der Waals surface area contributed by atoms with Crippen LogP contribution >= 0.6 is 11.6 Å². The summed E-state index contributed by atoms with van der Waals surface area (Å²) in [6, 6.07) is 5.08. The smallest absolute Gasteiger partial charge is 0.408 e. The first kappa shape index (κ1) is 23.4. The first-order valence-electron chi connectivity index (χ1n) is 10.4. The summed E-state index contributed by atoms with van der Waals surface area (Å²) in [5, 5.41) is 20.8. The highest BCUT2D eigenvalue weighted by molar-refractivity contribution is 6.30. The Morgan fingerprint density at radius 2 is 1.71 bits per heavy atom. The molecule has 31 heavy (non-hydrogen) atoms. The van der Waals surface area contributed by atoms with Gasteiger partial charge in [-0.3, -0.25) is 9.69 Å². The van der Waals surface area contributed by atoms with Crippen LogP contribution in [-0.4, -0.2) is 51.7 Å². The van der Waals surface area contributed by atoms with E-state index in [0.29, 0.717) is 10.7 Å². The number of benzene rings is 1. The van der Waals surface area contributed by atoms with E-state index in [2.05, 4.69) is 0 Å². The number of rotatable bonds is 2. The van der Waals surface area contributed by atoms with Crippen LogP contribution in [0.2, 0.25) is 5.02 Å². The molecular weight excluding hydrogens is 420 g/mol. The zero-order valence-corrected chi connectivity index (χ0v) is 19.6. The number of carboxylic acid groups (broad SMARTS) is 2. The van der Waals surface area contributed by atoms with E-state index < -0.39 is 46.3 Å². The van der Waals surface area contributed by atoms with E-state index >= 15 is 0 Å². The quantitative estimate of drug-likeness (QED) is 0.686. The van der Waals surface area contributed by atoms with Crippen molar-refractivity contribution in [1.82, 2.24) is 4.90 Å². The highest BCUT2D eigenvalue weighted by Crippen LogP contribution is 2.61. The third-order valence-electron chi connectivity index (χ3n) is 6.64. The molecule has 7 nitrogen and oxygen atoms in total. The van der Waals surface area contributed by atoms with E-state index in [1.54, 1.807) is 29.2 Å². The maximum absolute atomic E-state index is 13.3. The minimum Gasteiger partial charge on any atom is -0.480 e. The molecule has 170 valence electrons. The number of halogens is 1. The second-order valence-electron chi connectivity index (χ2n) is 11.0. The number of likely N-dealkylation sites (tertiary alicyclic amines) is 1. The van der Waals surface area contributed by atoms with E-state index in [9.17, 15) is 24.6 Å². The lowest BCUT2D eigenvalue weighted by Gasteiger charge is -2.46. The summed E-state index contributed by atoms with van der Waals surface area (Å²) < 4.78 is 0. The molecule has 8 heteroatoms. The Balaban J connectivity index is 2.26. The number of hydrogen-bond acceptors (Lipinski definition) is 3. The Bertz CT molecular complexity index is 879. The van der Waals surface area contributed by atoms with Crippen LogP contribution in [-0.2, 0) is 9.59 Å². The Morgan fingerprint density at radius 3 is 2.16 bits per heavy atom. The molecule has 0 aliphatic carbocycles. The molecule has 2 saturated heterocycles. The molecule has 1 aromatic carbocycles. The molecule has 2 heterocycles. The SMILES string of the molecule is CC(C)(C)C1C(C(=O)O)N(C(=O)O)C(C(C)(C)C)C12CC(=O)N(c1cccc(Cl)c1)C2. The van der Waals surface area contributed by atoms with Crippen molar-refractivity contribution >= 4 is 35.3 Å². The number of hydrogen-bond donors (Lipinski definition) is 2. The molecule has 3 rings (SSSR count). The minimum atomic E-state index is -1.27. The van der Waals surface area contributed by atoms with Gasteiger partial charge in [0.2, 0.25) is 5.91 Å². The van der Waals surface area contributed by atoms with Crippen molar-refractivity contribution in [1.29, 1.82) is 0 Å². The molecule has 1 spiro atoms. The van der Waals surface area contributed by atoms with Gasteiger partial charge in [0.1, 0.15) is 6.04 Å². The Labute approximate surface area is 188 Å². The van der Waals surface area contributed by atoms with Crippen LogP contribution in [0.1, 0.15) is 48.0 Å². The standard InChI is InChI=1S/C23H31ClN2O5/c1-21(2,3)17-16(18(28)29)26(20(30)31)19(22(4,5)6)23(17)11-15(27)25(12-23)14-9-7-8-13(24)10-14/h7-10,16-17,19H,11-12H2,1-6H3,(H,28,29)(H,30,31). The van der Waals surface area contributed by atoms with E-state index in [-0.39, 0.29) is 18.9 Å². The lowest BCUT2D eigenvalue weighted by Crippen LogP contribution is -2.53. The topological polar surface area (TPSA) is 98.1 Å². The van der Waals surface area contributed by atoms with Crippen molar-refractivity contribution < 1.29 is 24.6 Å². The Kier molecular flexibility index (Phi) is 5.58. The van der Waals surface area contributed by atoms with Crippen LogP contribution in [0.5, 0.6) is 0 Å². The molecule has 2 aliphatic rings. The monoisotopic (exact) mass is 450 g/mol. The number of carbonyl (C=O) groups excluding carboxylic acids is 1. The number of anilines is 1. The van der Waals surface area contributed by atoms with Gasteiger partial charge < -0.3 is 15.1 Å². The molecular formula is C23H31ClN2O5. The maximum Gasteiger partial charge on any atom is 0.408 e. The zero-order chi connectivity index (χ0) is 23.5. The molecule has 0 bridgehead atoms. The summed E-state index contributed by atoms with van der Waals surface area (Å²) in [4.78, 5) is 40.9. The fourth-order valence-electron chi connectivity index (χ4n) is 6.28. The van der Waals surface area contributed by atoms with Crippen molar-refractivity contribution in [2.75, 3.05) is 11.4 Å². The van der Waals surface area contributed by atoms with Gasteiger partial charge in [0, 0.05) is 41.1 Å². The van der Waals surface area contributed by atoms with Gasteiger partial charge in [0.15, 0.2) is 0 Å². The summed E-state index contributed by atoms with van der Waals surface area (Å²) in [7, 11) is 0. The highest BCUT2D eigenvalue weighted by Gasteiger charge is 2.70. The van der Waals surface area contributed by atoms with Crippen molar-refractivity contribution in [3.8, 4) is 0 Å². The third-order valence-corrected chi connectivity index (χ3v) is 6.87. The average Bonchev–Trinajstić information content (AvgIpc) is 3.09. The fourth-order valence-corrected chi connectivity index (χ4v) is 6.46. The normalized spacial score (nSPS) is 29.1. The van der Waals surface area contributed by atoms with Gasteiger partial charge in [-0.25, -0.2) is 9.59 Å². The summed E-state index contributed by atoms with van der Waals surface area (Å²) >= 11 is 6.15. The number of nitrogens with zero attached hydrogens (tertiary/aromatic N) is 2. The number of amides is 2. The third kappa shape index (κ3) is 3.77. The molecule has 0 saturated carbocycles. The summed E-state index contributed by atoms with van der Waals surface area (Å²) in [6.07, 6.45) is -1.19. The largest absolute Gasteiger partial charge is 0.480 e. The summed E-state index contributed by atoms with van der Waals surface area (Å²) in [6.45, 7) is 11.7. The van der Waals surface area contributed by atoms with Gasteiger partial charge in [0.05, 0.1) is 0 Å². The fraction of sp³-hybridized carbons (Fsp3) is 0.609. The second kappa shape index (κ2) is 7.40. The van der Waals surface area contributed by atoms with Gasteiger partial charge >= 0.3 is 12.1 Å². The van der Waals surface area contributed by atoms with Crippen LogP contribution in [0.25, 0.3) is 0 Å². The van der Waals surface area contributed by atoms with Crippen molar-refractivity contribution in [3.05, 3.63) is 29.3 Å². The molecule has 2 fully saturated rings. The van der Waals surface area contributed by atoms with Crippen LogP contribution < -0.4 is 4.90 Å². The number of aliphatic carboxylic acids is 1. The lowest BCUT2D eigenvalue weighted by atomic mass is 9.57. The molecule has 4 unspecified atom stereocenters. The molecule has 2 N–H and O–H groups in total. The van der Waals surface area contributed by atoms with E-state index in [4.69, 9.17) is 11.6 Å². The molecule has 0 radical (unpaired) electrons.